The Kier molecular flexibility index (Phi) is 9.48. The zero-order chi connectivity index (χ0) is 22.8. The number of hydrogen-bond acceptors (Lipinski definition) is 6. The number of hydrogen-bond donors (Lipinski definition) is 4. The highest BCUT2D eigenvalue weighted by Gasteiger charge is 2.33. The van der Waals surface area contributed by atoms with Gasteiger partial charge in [0.2, 0.25) is 17.7 Å². The van der Waals surface area contributed by atoms with E-state index < -0.39 is 48.2 Å². The number of allylic oxidation sites excluding steroid dienone is 1. The molecule has 0 aliphatic heterocycles. The zero-order valence-electron chi connectivity index (χ0n) is 17.8. The predicted molar refractivity (Wildman–Crippen MR) is 110 cm³/mol. The van der Waals surface area contributed by atoms with Crippen molar-refractivity contribution in [1.29, 1.82) is 0 Å². The summed E-state index contributed by atoms with van der Waals surface area (Å²) in [6.07, 6.45) is 8.35. The standard InChI is InChI=1S/C21H31N3O7/c1-31-21(30)18(13-7-4-2-3-5-8-13)24-16(25)11-22-19(28)14-9-6-10-15(14)20(29)23-12-17(26)27/h9,13,15,18H,2-8,10-12H2,1H3,(H,22,28)(H,23,29)(H,24,25)(H,26,27). The Labute approximate surface area is 181 Å². The normalized spacial score (nSPS) is 20.0. The highest BCUT2D eigenvalue weighted by molar-refractivity contribution is 6.02. The fraction of sp³-hybridized carbons (Fsp3) is 0.667. The molecule has 0 aromatic carbocycles. The molecule has 2 aliphatic rings. The summed E-state index contributed by atoms with van der Waals surface area (Å²) in [5.74, 6) is -4.05. The molecule has 0 aromatic heterocycles. The number of nitrogens with one attached hydrogen (secondary N) is 3. The highest BCUT2D eigenvalue weighted by Crippen LogP contribution is 2.27. The first-order valence-electron chi connectivity index (χ1n) is 10.7. The topological polar surface area (TPSA) is 151 Å². The molecular formula is C21H31N3O7. The molecule has 0 aromatic rings. The quantitative estimate of drug-likeness (QED) is 0.298. The van der Waals surface area contributed by atoms with E-state index in [2.05, 4.69) is 16.0 Å². The van der Waals surface area contributed by atoms with Gasteiger partial charge < -0.3 is 25.8 Å². The average molecular weight is 437 g/mol. The highest BCUT2D eigenvalue weighted by atomic mass is 16.5. The molecule has 1 fully saturated rings. The second kappa shape index (κ2) is 12.1. The third-order valence-electron chi connectivity index (χ3n) is 5.74. The lowest BCUT2D eigenvalue weighted by Crippen LogP contribution is -2.50. The Morgan fingerprint density at radius 3 is 2.32 bits per heavy atom. The third-order valence-corrected chi connectivity index (χ3v) is 5.74. The Bertz CT molecular complexity index is 726. The number of methoxy groups -OCH3 is 1. The molecule has 0 radical (unpaired) electrons. The maximum atomic E-state index is 12.5. The van der Waals surface area contributed by atoms with Gasteiger partial charge in [0.15, 0.2) is 0 Å². The molecule has 2 unspecified atom stereocenters. The molecular weight excluding hydrogens is 406 g/mol. The lowest BCUT2D eigenvalue weighted by Gasteiger charge is -2.25. The monoisotopic (exact) mass is 437 g/mol. The van der Waals surface area contributed by atoms with Crippen LogP contribution in [0, 0.1) is 11.8 Å². The summed E-state index contributed by atoms with van der Waals surface area (Å²) in [7, 11) is 1.28. The molecule has 0 spiro atoms. The van der Waals surface area contributed by atoms with Crippen LogP contribution in [0.3, 0.4) is 0 Å². The molecule has 4 N–H and O–H groups in total. The number of carbonyl (C=O) groups excluding carboxylic acids is 4. The van der Waals surface area contributed by atoms with Crippen molar-refractivity contribution in [3.05, 3.63) is 11.6 Å². The molecule has 2 aliphatic carbocycles. The van der Waals surface area contributed by atoms with Crippen LogP contribution in [0.2, 0.25) is 0 Å². The molecule has 31 heavy (non-hydrogen) atoms. The summed E-state index contributed by atoms with van der Waals surface area (Å²) in [4.78, 5) is 59.9. The molecule has 0 saturated heterocycles. The van der Waals surface area contributed by atoms with E-state index in [4.69, 9.17) is 9.84 Å². The lowest BCUT2D eigenvalue weighted by molar-refractivity contribution is -0.146. The molecule has 172 valence electrons. The van der Waals surface area contributed by atoms with Crippen molar-refractivity contribution < 1.29 is 33.8 Å². The van der Waals surface area contributed by atoms with Crippen LogP contribution in [0.1, 0.15) is 51.4 Å². The number of aliphatic carboxylic acids is 1. The number of rotatable bonds is 9. The van der Waals surface area contributed by atoms with Gasteiger partial charge in [0.05, 0.1) is 19.6 Å². The van der Waals surface area contributed by atoms with E-state index in [1.54, 1.807) is 6.08 Å². The minimum absolute atomic E-state index is 0.00514. The van der Waals surface area contributed by atoms with Gasteiger partial charge in [-0.05, 0) is 31.6 Å². The van der Waals surface area contributed by atoms with Crippen molar-refractivity contribution >= 4 is 29.7 Å². The van der Waals surface area contributed by atoms with Gasteiger partial charge in [0.25, 0.3) is 0 Å². The van der Waals surface area contributed by atoms with Crippen molar-refractivity contribution in [1.82, 2.24) is 16.0 Å². The smallest absolute Gasteiger partial charge is 0.328 e. The second-order valence-electron chi connectivity index (χ2n) is 7.90. The van der Waals surface area contributed by atoms with E-state index in [0.717, 1.165) is 38.5 Å². The molecule has 0 heterocycles. The predicted octanol–water partition coefficient (Wildman–Crippen LogP) is 0.268. The first kappa shape index (κ1) is 24.4. The first-order chi connectivity index (χ1) is 14.8. The Balaban J connectivity index is 1.89. The summed E-state index contributed by atoms with van der Waals surface area (Å²) in [6.45, 7) is -0.872. The van der Waals surface area contributed by atoms with Gasteiger partial charge in [-0.25, -0.2) is 4.79 Å². The van der Waals surface area contributed by atoms with Crippen LogP contribution in [0.25, 0.3) is 0 Å². The summed E-state index contributed by atoms with van der Waals surface area (Å²) in [5.41, 5.74) is 0.212. The molecule has 2 atom stereocenters. The summed E-state index contributed by atoms with van der Waals surface area (Å²) >= 11 is 0. The van der Waals surface area contributed by atoms with E-state index in [0.29, 0.717) is 12.8 Å². The first-order valence-corrected chi connectivity index (χ1v) is 10.7. The maximum absolute atomic E-state index is 12.5. The Morgan fingerprint density at radius 1 is 1.03 bits per heavy atom. The van der Waals surface area contributed by atoms with Gasteiger partial charge in [0.1, 0.15) is 12.6 Å². The molecule has 0 bridgehead atoms. The summed E-state index contributed by atoms with van der Waals surface area (Å²) in [6, 6.07) is -0.757. The van der Waals surface area contributed by atoms with Gasteiger partial charge in [-0.1, -0.05) is 31.8 Å². The van der Waals surface area contributed by atoms with Crippen molar-refractivity contribution in [2.45, 2.75) is 57.4 Å². The number of ether oxygens (including phenoxy) is 1. The SMILES string of the molecule is COC(=O)C(NC(=O)CNC(=O)C1=CCCC1C(=O)NCC(=O)O)C1CCCCCC1. The number of amides is 3. The van der Waals surface area contributed by atoms with Crippen LogP contribution in [-0.2, 0) is 28.7 Å². The van der Waals surface area contributed by atoms with E-state index >= 15 is 0 Å². The minimum Gasteiger partial charge on any atom is -0.480 e. The molecule has 10 nitrogen and oxygen atoms in total. The fourth-order valence-corrected chi connectivity index (χ4v) is 4.14. The van der Waals surface area contributed by atoms with Crippen LogP contribution in [-0.4, -0.2) is 61.0 Å². The molecule has 1 saturated carbocycles. The number of carbonyl (C=O) groups is 5. The van der Waals surface area contributed by atoms with Crippen LogP contribution in [0.15, 0.2) is 11.6 Å². The van der Waals surface area contributed by atoms with E-state index in [-0.39, 0.29) is 18.0 Å². The van der Waals surface area contributed by atoms with Crippen LogP contribution >= 0.6 is 0 Å². The van der Waals surface area contributed by atoms with Gasteiger partial charge in [-0.15, -0.1) is 0 Å². The second-order valence-corrected chi connectivity index (χ2v) is 7.90. The summed E-state index contributed by atoms with van der Waals surface area (Å²) < 4.78 is 4.86. The van der Waals surface area contributed by atoms with Crippen molar-refractivity contribution in [2.24, 2.45) is 11.8 Å². The van der Waals surface area contributed by atoms with Crippen molar-refractivity contribution in [3.8, 4) is 0 Å². The van der Waals surface area contributed by atoms with E-state index in [1.807, 2.05) is 0 Å². The summed E-state index contributed by atoms with van der Waals surface area (Å²) in [5, 5.41) is 16.1. The molecule has 3 amide bonds. The van der Waals surface area contributed by atoms with Crippen molar-refractivity contribution in [3.63, 3.8) is 0 Å². The Hall–Kier alpha value is -2.91. The van der Waals surface area contributed by atoms with Crippen LogP contribution in [0.4, 0.5) is 0 Å². The minimum atomic E-state index is -1.17. The van der Waals surface area contributed by atoms with E-state index in [9.17, 15) is 24.0 Å². The van der Waals surface area contributed by atoms with E-state index in [1.165, 1.54) is 7.11 Å². The van der Waals surface area contributed by atoms with Gasteiger partial charge in [0, 0.05) is 5.57 Å². The third kappa shape index (κ3) is 7.37. The zero-order valence-corrected chi connectivity index (χ0v) is 17.8. The largest absolute Gasteiger partial charge is 0.480 e. The van der Waals surface area contributed by atoms with Gasteiger partial charge >= 0.3 is 11.9 Å². The molecule has 10 heteroatoms. The lowest BCUT2D eigenvalue weighted by atomic mass is 9.91. The molecule has 2 rings (SSSR count). The Morgan fingerprint density at radius 2 is 1.71 bits per heavy atom. The van der Waals surface area contributed by atoms with Gasteiger partial charge in [-0.3, -0.25) is 19.2 Å². The fourth-order valence-electron chi connectivity index (χ4n) is 4.14. The average Bonchev–Trinajstić information content (AvgIpc) is 3.09. The number of carboxylic acid groups (broad SMARTS) is 1. The van der Waals surface area contributed by atoms with Gasteiger partial charge in [-0.2, -0.15) is 0 Å². The van der Waals surface area contributed by atoms with Crippen LogP contribution in [0.5, 0.6) is 0 Å². The van der Waals surface area contributed by atoms with Crippen molar-refractivity contribution in [2.75, 3.05) is 20.2 Å². The van der Waals surface area contributed by atoms with Crippen LogP contribution < -0.4 is 16.0 Å². The maximum Gasteiger partial charge on any atom is 0.328 e. The number of carboxylic acids is 1. The number of esters is 1.